The highest BCUT2D eigenvalue weighted by Gasteiger charge is 2.15. The summed E-state index contributed by atoms with van der Waals surface area (Å²) >= 11 is 0. The van der Waals surface area contributed by atoms with Crippen molar-refractivity contribution >= 4 is 23.4 Å². The summed E-state index contributed by atoms with van der Waals surface area (Å²) in [4.78, 5) is 34.4. The van der Waals surface area contributed by atoms with Crippen molar-refractivity contribution in [3.8, 4) is 0 Å². The van der Waals surface area contributed by atoms with Crippen LogP contribution in [-0.2, 0) is 4.79 Å². The molecule has 1 aromatic rings. The molecule has 3 amide bonds. The maximum Gasteiger partial charge on any atom is 0.248 e. The SMILES string of the molecule is CCCC[C@H](N)C(=O)Nc1cc(C(N)=O)cc(C(N)=O)c1. The Kier molecular flexibility index (Phi) is 5.86. The predicted molar refractivity (Wildman–Crippen MR) is 79.6 cm³/mol. The third-order valence-electron chi connectivity index (χ3n) is 2.98. The molecule has 0 saturated carbocycles. The van der Waals surface area contributed by atoms with Gasteiger partial charge in [0.1, 0.15) is 0 Å². The number of hydrogen-bond acceptors (Lipinski definition) is 4. The molecule has 7 N–H and O–H groups in total. The van der Waals surface area contributed by atoms with Crippen LogP contribution in [0.15, 0.2) is 18.2 Å². The average Bonchev–Trinajstić information content (AvgIpc) is 2.44. The summed E-state index contributed by atoms with van der Waals surface area (Å²) < 4.78 is 0. The van der Waals surface area contributed by atoms with Gasteiger partial charge in [-0.25, -0.2) is 0 Å². The summed E-state index contributed by atoms with van der Waals surface area (Å²) in [7, 11) is 0. The molecule has 0 aliphatic heterocycles. The fourth-order valence-electron chi connectivity index (χ4n) is 1.77. The summed E-state index contributed by atoms with van der Waals surface area (Å²) in [5, 5.41) is 2.56. The zero-order chi connectivity index (χ0) is 16.0. The molecule has 0 spiro atoms. The third kappa shape index (κ3) is 4.88. The van der Waals surface area contributed by atoms with E-state index in [9.17, 15) is 14.4 Å². The van der Waals surface area contributed by atoms with Gasteiger partial charge in [0.25, 0.3) is 0 Å². The Bertz CT molecular complexity index is 525. The monoisotopic (exact) mass is 292 g/mol. The van der Waals surface area contributed by atoms with Crippen LogP contribution in [-0.4, -0.2) is 23.8 Å². The summed E-state index contributed by atoms with van der Waals surface area (Å²) in [6.45, 7) is 2.00. The van der Waals surface area contributed by atoms with Crippen molar-refractivity contribution in [2.75, 3.05) is 5.32 Å². The highest BCUT2D eigenvalue weighted by Crippen LogP contribution is 2.15. The van der Waals surface area contributed by atoms with Gasteiger partial charge in [-0.3, -0.25) is 14.4 Å². The van der Waals surface area contributed by atoms with E-state index in [1.807, 2.05) is 6.92 Å². The number of primary amides is 2. The van der Waals surface area contributed by atoms with E-state index in [1.165, 1.54) is 18.2 Å². The highest BCUT2D eigenvalue weighted by atomic mass is 16.2. The molecule has 0 aliphatic carbocycles. The number of nitrogens with one attached hydrogen (secondary N) is 1. The molecule has 7 nitrogen and oxygen atoms in total. The maximum absolute atomic E-state index is 11.9. The second-order valence-electron chi connectivity index (χ2n) is 4.77. The number of anilines is 1. The lowest BCUT2D eigenvalue weighted by Gasteiger charge is -2.13. The van der Waals surface area contributed by atoms with Gasteiger partial charge >= 0.3 is 0 Å². The number of rotatable bonds is 7. The largest absolute Gasteiger partial charge is 0.366 e. The van der Waals surface area contributed by atoms with Crippen LogP contribution in [0.3, 0.4) is 0 Å². The molecule has 21 heavy (non-hydrogen) atoms. The Morgan fingerprint density at radius 2 is 1.62 bits per heavy atom. The molecule has 1 aromatic carbocycles. The molecular weight excluding hydrogens is 272 g/mol. The molecule has 114 valence electrons. The first-order valence-electron chi connectivity index (χ1n) is 6.66. The van der Waals surface area contributed by atoms with Gasteiger partial charge in [0.2, 0.25) is 17.7 Å². The van der Waals surface area contributed by atoms with E-state index < -0.39 is 17.9 Å². The second kappa shape index (κ2) is 7.39. The number of unbranched alkanes of at least 4 members (excludes halogenated alkanes) is 1. The summed E-state index contributed by atoms with van der Waals surface area (Å²) in [6, 6.07) is 3.37. The zero-order valence-electron chi connectivity index (χ0n) is 11.9. The second-order valence-corrected chi connectivity index (χ2v) is 4.77. The number of nitrogens with two attached hydrogens (primary N) is 3. The highest BCUT2D eigenvalue weighted by molar-refractivity contribution is 6.02. The van der Waals surface area contributed by atoms with Crippen LogP contribution in [0.4, 0.5) is 5.69 Å². The van der Waals surface area contributed by atoms with E-state index in [2.05, 4.69) is 5.32 Å². The van der Waals surface area contributed by atoms with Crippen molar-refractivity contribution in [2.45, 2.75) is 32.2 Å². The molecule has 0 aliphatic rings. The van der Waals surface area contributed by atoms with Crippen LogP contribution in [0.2, 0.25) is 0 Å². The Balaban J connectivity index is 2.94. The van der Waals surface area contributed by atoms with Crippen molar-refractivity contribution in [1.29, 1.82) is 0 Å². The Morgan fingerprint density at radius 3 is 2.05 bits per heavy atom. The number of amides is 3. The minimum Gasteiger partial charge on any atom is -0.366 e. The number of carbonyl (C=O) groups excluding carboxylic acids is 3. The molecule has 0 heterocycles. The topological polar surface area (TPSA) is 141 Å². The van der Waals surface area contributed by atoms with E-state index >= 15 is 0 Å². The van der Waals surface area contributed by atoms with Crippen LogP contribution >= 0.6 is 0 Å². The lowest BCUT2D eigenvalue weighted by atomic mass is 10.1. The first-order valence-corrected chi connectivity index (χ1v) is 6.66. The fourth-order valence-corrected chi connectivity index (χ4v) is 1.77. The van der Waals surface area contributed by atoms with Crippen molar-refractivity contribution < 1.29 is 14.4 Å². The first-order chi connectivity index (χ1) is 9.85. The molecule has 1 rings (SSSR count). The minimum atomic E-state index is -0.719. The lowest BCUT2D eigenvalue weighted by Crippen LogP contribution is -2.35. The van der Waals surface area contributed by atoms with Crippen LogP contribution < -0.4 is 22.5 Å². The summed E-state index contributed by atoms with van der Waals surface area (Å²) in [6.07, 6.45) is 2.33. The van der Waals surface area contributed by atoms with Gasteiger partial charge in [-0.15, -0.1) is 0 Å². The molecule has 0 aromatic heterocycles. The normalized spacial score (nSPS) is 11.7. The van der Waals surface area contributed by atoms with Crippen molar-refractivity contribution in [3.05, 3.63) is 29.3 Å². The Morgan fingerprint density at radius 1 is 1.10 bits per heavy atom. The summed E-state index contributed by atoms with van der Waals surface area (Å²) in [5.41, 5.74) is 16.5. The smallest absolute Gasteiger partial charge is 0.248 e. The van der Waals surface area contributed by atoms with Crippen LogP contribution in [0.1, 0.15) is 46.9 Å². The molecule has 7 heteroatoms. The van der Waals surface area contributed by atoms with Gasteiger partial charge < -0.3 is 22.5 Å². The third-order valence-corrected chi connectivity index (χ3v) is 2.98. The molecule has 0 unspecified atom stereocenters. The molecule has 0 radical (unpaired) electrons. The standard InChI is InChI=1S/C14H20N4O3/c1-2-3-4-11(15)14(21)18-10-6-8(12(16)19)5-9(7-10)13(17)20/h5-7,11H,2-4,15H2,1H3,(H2,16,19)(H2,17,20)(H,18,21)/t11-/m0/s1. The predicted octanol–water partition coefficient (Wildman–Crippen LogP) is 0.340. The minimum absolute atomic E-state index is 0.0868. The van der Waals surface area contributed by atoms with Crippen molar-refractivity contribution in [3.63, 3.8) is 0 Å². The number of hydrogen-bond donors (Lipinski definition) is 4. The van der Waals surface area contributed by atoms with Gasteiger partial charge in [0.05, 0.1) is 6.04 Å². The maximum atomic E-state index is 11.9. The number of benzene rings is 1. The molecule has 0 fully saturated rings. The van der Waals surface area contributed by atoms with Crippen LogP contribution in [0, 0.1) is 0 Å². The Hall–Kier alpha value is -2.41. The van der Waals surface area contributed by atoms with E-state index in [1.54, 1.807) is 0 Å². The van der Waals surface area contributed by atoms with Gasteiger partial charge in [-0.05, 0) is 24.6 Å². The average molecular weight is 292 g/mol. The molecular formula is C14H20N4O3. The van der Waals surface area contributed by atoms with Crippen molar-refractivity contribution in [1.82, 2.24) is 0 Å². The molecule has 0 saturated heterocycles. The van der Waals surface area contributed by atoms with Gasteiger partial charge in [0, 0.05) is 16.8 Å². The first kappa shape index (κ1) is 16.6. The quantitative estimate of drug-likeness (QED) is 0.574. The van der Waals surface area contributed by atoms with E-state index in [0.29, 0.717) is 6.42 Å². The van der Waals surface area contributed by atoms with Gasteiger partial charge in [-0.2, -0.15) is 0 Å². The lowest BCUT2D eigenvalue weighted by molar-refractivity contribution is -0.117. The molecule has 1 atom stereocenters. The van der Waals surface area contributed by atoms with Crippen LogP contribution in [0.5, 0.6) is 0 Å². The van der Waals surface area contributed by atoms with E-state index in [4.69, 9.17) is 17.2 Å². The van der Waals surface area contributed by atoms with Gasteiger partial charge in [0.15, 0.2) is 0 Å². The van der Waals surface area contributed by atoms with E-state index in [0.717, 1.165) is 12.8 Å². The fraction of sp³-hybridized carbons (Fsp3) is 0.357. The van der Waals surface area contributed by atoms with Crippen LogP contribution in [0.25, 0.3) is 0 Å². The number of carbonyl (C=O) groups is 3. The Labute approximate surface area is 122 Å². The van der Waals surface area contributed by atoms with Gasteiger partial charge in [-0.1, -0.05) is 19.8 Å². The zero-order valence-corrected chi connectivity index (χ0v) is 11.9. The van der Waals surface area contributed by atoms with Crippen molar-refractivity contribution in [2.24, 2.45) is 17.2 Å². The van der Waals surface area contributed by atoms with E-state index in [-0.39, 0.29) is 22.7 Å². The summed E-state index contributed by atoms with van der Waals surface area (Å²) in [5.74, 6) is -1.83. The molecule has 0 bridgehead atoms.